The highest BCUT2D eigenvalue weighted by molar-refractivity contribution is 5.46. The molecule has 1 aliphatic rings. The minimum absolute atomic E-state index is 0.0711. The molecule has 8 nitrogen and oxygen atoms in total. The van der Waals surface area contributed by atoms with Crippen LogP contribution in [0.4, 0.5) is 11.6 Å². The summed E-state index contributed by atoms with van der Waals surface area (Å²) in [6, 6.07) is 1.70. The smallest absolute Gasteiger partial charge is 0.259 e. The molecule has 20 heavy (non-hydrogen) atoms. The third-order valence-electron chi connectivity index (χ3n) is 3.11. The fourth-order valence-electron chi connectivity index (χ4n) is 2.13. The summed E-state index contributed by atoms with van der Waals surface area (Å²) in [6.07, 6.45) is 3.50. The first-order valence-electron chi connectivity index (χ1n) is 6.73. The largest absolute Gasteiger partial charge is 0.394 e. The summed E-state index contributed by atoms with van der Waals surface area (Å²) in [7, 11) is 0. The standard InChI is InChI=1S/C12H21N5O3/c13-10-8-11(16-4-2-1-3-5-16)15-12(14)17(10)20-9-19-7-6-18/h8,14,18H,1-7,9,13H2. The average Bonchev–Trinajstić information content (AvgIpc) is 2.46. The summed E-state index contributed by atoms with van der Waals surface area (Å²) in [4.78, 5) is 11.5. The van der Waals surface area contributed by atoms with E-state index in [0.29, 0.717) is 11.6 Å². The Kier molecular flexibility index (Phi) is 5.19. The van der Waals surface area contributed by atoms with Crippen molar-refractivity contribution in [2.45, 2.75) is 19.3 Å². The van der Waals surface area contributed by atoms with Gasteiger partial charge < -0.3 is 25.3 Å². The second-order valence-electron chi connectivity index (χ2n) is 4.58. The fourth-order valence-corrected chi connectivity index (χ4v) is 2.13. The molecule has 0 aromatic carbocycles. The normalized spacial score (nSPS) is 15.3. The lowest BCUT2D eigenvalue weighted by Crippen LogP contribution is -2.37. The van der Waals surface area contributed by atoms with Crippen LogP contribution < -0.4 is 21.1 Å². The van der Waals surface area contributed by atoms with Crippen molar-refractivity contribution in [1.29, 1.82) is 5.41 Å². The lowest BCUT2D eigenvalue weighted by Gasteiger charge is -2.28. The minimum Gasteiger partial charge on any atom is -0.394 e. The molecule has 2 rings (SSSR count). The molecule has 2 heterocycles. The molecule has 1 aromatic heterocycles. The Hall–Kier alpha value is -1.80. The number of nitrogen functional groups attached to an aromatic ring is 1. The van der Waals surface area contributed by atoms with Crippen LogP contribution in [0.1, 0.15) is 19.3 Å². The van der Waals surface area contributed by atoms with E-state index in [4.69, 9.17) is 25.8 Å². The molecule has 112 valence electrons. The molecule has 4 N–H and O–H groups in total. The van der Waals surface area contributed by atoms with E-state index in [0.717, 1.165) is 30.7 Å². The van der Waals surface area contributed by atoms with Crippen molar-refractivity contribution >= 4 is 11.6 Å². The summed E-state index contributed by atoms with van der Waals surface area (Å²) in [5.74, 6) is 1.02. The molecule has 1 fully saturated rings. The Morgan fingerprint density at radius 3 is 2.75 bits per heavy atom. The molecule has 1 saturated heterocycles. The van der Waals surface area contributed by atoms with Crippen molar-refractivity contribution in [1.82, 2.24) is 9.71 Å². The van der Waals surface area contributed by atoms with Crippen molar-refractivity contribution in [3.05, 3.63) is 11.7 Å². The zero-order chi connectivity index (χ0) is 14.4. The molecule has 1 aromatic rings. The highest BCUT2D eigenvalue weighted by Crippen LogP contribution is 2.17. The van der Waals surface area contributed by atoms with E-state index in [1.54, 1.807) is 6.07 Å². The average molecular weight is 283 g/mol. The van der Waals surface area contributed by atoms with E-state index in [2.05, 4.69) is 9.88 Å². The van der Waals surface area contributed by atoms with E-state index < -0.39 is 0 Å². The van der Waals surface area contributed by atoms with Gasteiger partial charge in [-0.05, 0) is 19.3 Å². The fraction of sp³-hybridized carbons (Fsp3) is 0.667. The van der Waals surface area contributed by atoms with Gasteiger partial charge in [-0.3, -0.25) is 5.41 Å². The maximum Gasteiger partial charge on any atom is 0.259 e. The molecule has 0 atom stereocenters. The van der Waals surface area contributed by atoms with Crippen molar-refractivity contribution in [3.63, 3.8) is 0 Å². The topological polar surface area (TPSA) is 110 Å². The Morgan fingerprint density at radius 2 is 2.10 bits per heavy atom. The Bertz CT molecular complexity index is 484. The number of nitrogens with two attached hydrogens (primary N) is 1. The van der Waals surface area contributed by atoms with Gasteiger partial charge in [0.05, 0.1) is 13.2 Å². The van der Waals surface area contributed by atoms with Crippen LogP contribution in [0.3, 0.4) is 0 Å². The van der Waals surface area contributed by atoms with Crippen LogP contribution in [0.25, 0.3) is 0 Å². The monoisotopic (exact) mass is 283 g/mol. The summed E-state index contributed by atoms with van der Waals surface area (Å²) < 4.78 is 6.09. The van der Waals surface area contributed by atoms with Crippen LogP contribution in [-0.4, -0.2) is 47.9 Å². The molecular weight excluding hydrogens is 262 g/mol. The summed E-state index contributed by atoms with van der Waals surface area (Å²) in [6.45, 7) is 1.88. The van der Waals surface area contributed by atoms with Crippen molar-refractivity contribution in [2.75, 3.05) is 43.7 Å². The van der Waals surface area contributed by atoms with Gasteiger partial charge >= 0.3 is 0 Å². The van der Waals surface area contributed by atoms with Gasteiger partial charge in [0.15, 0.2) is 0 Å². The third kappa shape index (κ3) is 3.61. The zero-order valence-electron chi connectivity index (χ0n) is 11.4. The molecule has 8 heteroatoms. The number of aromatic nitrogens is 2. The SMILES string of the molecule is N=c1nc(N2CCCCC2)cc(N)n1OCOCCO. The zero-order valence-corrected chi connectivity index (χ0v) is 11.4. The summed E-state index contributed by atoms with van der Waals surface area (Å²) in [5, 5.41) is 16.5. The van der Waals surface area contributed by atoms with Crippen molar-refractivity contribution < 1.29 is 14.7 Å². The Morgan fingerprint density at radius 1 is 1.35 bits per heavy atom. The number of ether oxygens (including phenoxy) is 1. The number of hydrogen-bond acceptors (Lipinski definition) is 7. The number of nitrogens with one attached hydrogen (secondary N) is 1. The molecule has 0 spiro atoms. The Labute approximate surface area is 117 Å². The van der Waals surface area contributed by atoms with Crippen molar-refractivity contribution in [2.24, 2.45) is 0 Å². The van der Waals surface area contributed by atoms with Crippen LogP contribution in [0, 0.1) is 5.41 Å². The highest BCUT2D eigenvalue weighted by Gasteiger charge is 2.14. The number of nitrogens with zero attached hydrogens (tertiary/aromatic N) is 3. The van der Waals surface area contributed by atoms with Gasteiger partial charge in [-0.25, -0.2) is 0 Å². The van der Waals surface area contributed by atoms with Crippen LogP contribution in [0.5, 0.6) is 0 Å². The maximum atomic E-state index is 8.59. The van der Waals surface area contributed by atoms with Crippen LogP contribution in [0.15, 0.2) is 6.07 Å². The number of anilines is 2. The molecule has 0 aliphatic carbocycles. The van der Waals surface area contributed by atoms with Gasteiger partial charge in [0, 0.05) is 19.2 Å². The van der Waals surface area contributed by atoms with Gasteiger partial charge in [-0.1, -0.05) is 0 Å². The molecule has 0 amide bonds. The molecular formula is C12H21N5O3. The van der Waals surface area contributed by atoms with Gasteiger partial charge in [-0.2, -0.15) is 4.98 Å². The first-order chi connectivity index (χ1) is 9.72. The minimum atomic E-state index is -0.0912. The first kappa shape index (κ1) is 14.6. The second-order valence-corrected chi connectivity index (χ2v) is 4.58. The van der Waals surface area contributed by atoms with Gasteiger partial charge in [0.1, 0.15) is 11.6 Å². The van der Waals surface area contributed by atoms with E-state index in [1.807, 2.05) is 0 Å². The van der Waals surface area contributed by atoms with Crippen LogP contribution in [-0.2, 0) is 4.74 Å². The van der Waals surface area contributed by atoms with Crippen molar-refractivity contribution in [3.8, 4) is 0 Å². The molecule has 0 radical (unpaired) electrons. The van der Waals surface area contributed by atoms with E-state index >= 15 is 0 Å². The lowest BCUT2D eigenvalue weighted by atomic mass is 10.1. The molecule has 0 unspecified atom stereocenters. The van der Waals surface area contributed by atoms with E-state index in [-0.39, 0.29) is 25.6 Å². The summed E-state index contributed by atoms with van der Waals surface area (Å²) >= 11 is 0. The maximum absolute atomic E-state index is 8.59. The predicted molar refractivity (Wildman–Crippen MR) is 73.0 cm³/mol. The predicted octanol–water partition coefficient (Wildman–Crippen LogP) is -0.670. The number of rotatable bonds is 6. The third-order valence-corrected chi connectivity index (χ3v) is 3.11. The van der Waals surface area contributed by atoms with E-state index in [9.17, 15) is 0 Å². The first-order valence-corrected chi connectivity index (χ1v) is 6.73. The number of piperidine rings is 1. The van der Waals surface area contributed by atoms with Crippen LogP contribution in [0.2, 0.25) is 0 Å². The Balaban J connectivity index is 2.05. The van der Waals surface area contributed by atoms with Gasteiger partial charge in [-0.15, -0.1) is 4.73 Å². The second kappa shape index (κ2) is 7.11. The van der Waals surface area contributed by atoms with Gasteiger partial charge in [0.25, 0.3) is 5.62 Å². The van der Waals surface area contributed by atoms with E-state index in [1.165, 1.54) is 6.42 Å². The number of hydrogen-bond donors (Lipinski definition) is 3. The molecule has 0 saturated carbocycles. The molecule has 1 aliphatic heterocycles. The molecule has 0 bridgehead atoms. The number of aliphatic hydroxyl groups excluding tert-OH is 1. The quantitative estimate of drug-likeness (QED) is 0.472. The lowest BCUT2D eigenvalue weighted by molar-refractivity contribution is -0.0705. The summed E-state index contributed by atoms with van der Waals surface area (Å²) in [5.41, 5.74) is 5.82. The number of aliphatic hydroxyl groups is 1. The highest BCUT2D eigenvalue weighted by atomic mass is 16.8. The van der Waals surface area contributed by atoms with Crippen LogP contribution >= 0.6 is 0 Å². The van der Waals surface area contributed by atoms with Gasteiger partial charge in [0.2, 0.25) is 6.79 Å².